The van der Waals surface area contributed by atoms with Crippen LogP contribution in [0.1, 0.15) is 184 Å². The number of allylic oxidation sites excluding steroid dienone is 6. The number of esters is 1. The molecule has 32 nitrogen and oxygen atoms in total. The van der Waals surface area contributed by atoms with Crippen LogP contribution in [0.2, 0.25) is 0 Å². The summed E-state index contributed by atoms with van der Waals surface area (Å²) in [5.74, 6) is -8.06. The summed E-state index contributed by atoms with van der Waals surface area (Å²) in [6, 6.07) is 4.36. The number of nitrogens with zero attached hydrogens (tertiary/aromatic N) is 9. The van der Waals surface area contributed by atoms with Crippen LogP contribution in [0.5, 0.6) is 0 Å². The average Bonchev–Trinajstić information content (AvgIpc) is 1.32. The van der Waals surface area contributed by atoms with E-state index in [0.29, 0.717) is 195 Å². The molecule has 4 aliphatic rings. The third-order valence-corrected chi connectivity index (χ3v) is 23.5. The molecule has 7 heterocycles. The fraction of sp³-hybridized carbons (Fsp3) is 0.670. The van der Waals surface area contributed by atoms with Crippen LogP contribution in [-0.4, -0.2) is 244 Å². The maximum Gasteiger partial charge on any atom is 0.329 e. The van der Waals surface area contributed by atoms with E-state index >= 15 is 0 Å². The Morgan fingerprint density at radius 1 is 0.775 bits per heavy atom. The zero-order valence-electron chi connectivity index (χ0n) is 71.9. The normalized spacial score (nSPS) is 27.4. The van der Waals surface area contributed by atoms with Gasteiger partial charge in [0.2, 0.25) is 11.7 Å². The minimum Gasteiger partial charge on any atom is -0.460 e. The van der Waals surface area contributed by atoms with Crippen molar-refractivity contribution in [3.05, 3.63) is 84.0 Å². The monoisotopic (exact) mass is 1680 g/mol. The Balaban J connectivity index is 0.0000182. The SMILES string of the molecule is CO[C@H]1C[C@@H]2CC[C@@H](C)[C@@](O)(O2)C(=O)C(=O)N2CCCC[C@H]2C(=O)O[C@H]([C@H](C)C[C@@H]2CC[C@@H](OCCCCc3cn(CCOCCOCCOCCOCCCC(=O)CCC(=O)NCCCCn4nc(-c5ccc6oc(N)nc6c5)c5c(N)ncnc54)nn3)[C@H](OC)C2)CC(=O)[C@H](C)/C=C(\C)[C@@H](O)[C@@H](OC)C(=O)[C@H](C)C[C@H](C)/C=C/C=C/C=C/1C.[HH]. The number of oxazole rings is 1. The molecule has 4 aromatic heterocycles. The first-order valence-corrected chi connectivity index (χ1v) is 43.0. The number of ether oxygens (including phenoxy) is 10. The molecular weight excluding hydrogens is 1550 g/mol. The molecule has 1 saturated carbocycles. The number of hydrogen-bond acceptors (Lipinski definition) is 28. The van der Waals surface area contributed by atoms with E-state index in [4.69, 9.17) is 68.4 Å². The average molecular weight is 1680 g/mol. The Morgan fingerprint density at radius 2 is 1.53 bits per heavy atom. The Labute approximate surface area is 705 Å². The molecule has 7 N–H and O–H groups in total. The van der Waals surface area contributed by atoms with Gasteiger partial charge in [0.1, 0.15) is 59.3 Å². The number of carbonyl (C=O) groups excluding carboxylic acids is 7. The molecule has 0 spiro atoms. The van der Waals surface area contributed by atoms with E-state index in [-0.39, 0.29) is 92.9 Å². The quantitative estimate of drug-likeness (QED) is 0.0107. The van der Waals surface area contributed by atoms with Crippen molar-refractivity contribution < 1.29 is 97.0 Å². The molecule has 2 saturated heterocycles. The summed E-state index contributed by atoms with van der Waals surface area (Å²) in [5, 5.41) is 40.8. The van der Waals surface area contributed by atoms with Gasteiger partial charge in [-0.15, -0.1) is 5.10 Å². The number of unbranched alkanes of at least 4 members (excludes halogenated alkanes) is 2. The summed E-state index contributed by atoms with van der Waals surface area (Å²) in [6.45, 7) is 18.1. The Bertz CT molecular complexity index is 4260. The summed E-state index contributed by atoms with van der Waals surface area (Å²) < 4.78 is 68.5. The van der Waals surface area contributed by atoms with Crippen molar-refractivity contribution in [1.82, 2.24) is 49.9 Å². The molecule has 0 radical (unpaired) electrons. The molecule has 32 heteroatoms. The van der Waals surface area contributed by atoms with Crippen molar-refractivity contribution >= 4 is 74.9 Å². The number of nitrogens with two attached hydrogens (primary N) is 2. The van der Waals surface area contributed by atoms with E-state index in [2.05, 4.69) is 30.6 Å². The summed E-state index contributed by atoms with van der Waals surface area (Å²) in [7, 11) is 4.64. The summed E-state index contributed by atoms with van der Waals surface area (Å²) in [5.41, 5.74) is 17.3. The van der Waals surface area contributed by atoms with E-state index < -0.39 is 77.8 Å². The number of aliphatic hydroxyl groups is 2. The van der Waals surface area contributed by atoms with E-state index in [1.807, 2.05) is 76.4 Å². The number of carbonyl (C=O) groups is 7. The van der Waals surface area contributed by atoms with Crippen LogP contribution < -0.4 is 16.8 Å². The largest absolute Gasteiger partial charge is 0.460 e. The number of rotatable bonds is 37. The zero-order chi connectivity index (χ0) is 86.3. The number of cyclic esters (lactones) is 1. The highest BCUT2D eigenvalue weighted by Crippen LogP contribution is 2.40. The smallest absolute Gasteiger partial charge is 0.329 e. The number of aromatic nitrogens is 8. The molecule has 1 aliphatic carbocycles. The zero-order valence-corrected chi connectivity index (χ0v) is 71.9. The van der Waals surface area contributed by atoms with Crippen molar-refractivity contribution in [3.8, 4) is 11.3 Å². The molecule has 664 valence electrons. The molecule has 5 aromatic rings. The molecule has 120 heavy (non-hydrogen) atoms. The first-order chi connectivity index (χ1) is 57.8. The van der Waals surface area contributed by atoms with Gasteiger partial charge in [0, 0.05) is 117 Å². The number of methoxy groups -OCH3 is 3. The molecule has 15 atom stereocenters. The molecule has 2 amide bonds. The number of piperidine rings is 1. The number of amides is 2. The van der Waals surface area contributed by atoms with Gasteiger partial charge in [-0.3, -0.25) is 28.8 Å². The highest BCUT2D eigenvalue weighted by Gasteiger charge is 2.53. The number of nitrogens with one attached hydrogen (secondary N) is 1. The first-order valence-electron chi connectivity index (χ1n) is 43.0. The number of anilines is 2. The lowest BCUT2D eigenvalue weighted by molar-refractivity contribution is -0.265. The maximum atomic E-state index is 14.8. The van der Waals surface area contributed by atoms with Crippen molar-refractivity contribution in [2.24, 2.45) is 35.5 Å². The second kappa shape index (κ2) is 48.4. The molecular formula is C88H132N12O20. The second-order valence-corrected chi connectivity index (χ2v) is 32.8. The van der Waals surface area contributed by atoms with Gasteiger partial charge in [-0.05, 0) is 164 Å². The van der Waals surface area contributed by atoms with E-state index in [1.54, 1.807) is 56.5 Å². The lowest BCUT2D eigenvalue weighted by Gasteiger charge is -2.42. The van der Waals surface area contributed by atoms with Gasteiger partial charge < -0.3 is 83.7 Å². The van der Waals surface area contributed by atoms with Crippen molar-refractivity contribution in [2.75, 3.05) is 105 Å². The van der Waals surface area contributed by atoms with E-state index in [1.165, 1.54) is 18.3 Å². The number of aryl methyl sites for hydroxylation is 2. The highest BCUT2D eigenvalue weighted by molar-refractivity contribution is 6.39. The fourth-order valence-electron chi connectivity index (χ4n) is 16.3. The number of Topliss-reactive ketones (excluding diaryl/α,β-unsaturated/α-hetero) is 4. The third kappa shape index (κ3) is 28.1. The third-order valence-electron chi connectivity index (χ3n) is 23.5. The van der Waals surface area contributed by atoms with Crippen molar-refractivity contribution in [2.45, 2.75) is 251 Å². The minimum absolute atomic E-state index is 0. The second-order valence-electron chi connectivity index (χ2n) is 32.8. The van der Waals surface area contributed by atoms with Gasteiger partial charge in [0.15, 0.2) is 17.0 Å². The highest BCUT2D eigenvalue weighted by atomic mass is 16.6. The Hall–Kier alpha value is -8.41. The van der Waals surface area contributed by atoms with Gasteiger partial charge in [0.25, 0.3) is 17.7 Å². The van der Waals surface area contributed by atoms with Crippen LogP contribution in [0, 0.1) is 35.5 Å². The van der Waals surface area contributed by atoms with Crippen LogP contribution >= 0.6 is 0 Å². The van der Waals surface area contributed by atoms with Crippen LogP contribution in [-0.2, 0) is 100 Å². The topological polar surface area (TPSA) is 420 Å². The van der Waals surface area contributed by atoms with Crippen LogP contribution in [0.3, 0.4) is 0 Å². The maximum absolute atomic E-state index is 14.8. The van der Waals surface area contributed by atoms with E-state index in [9.17, 15) is 43.8 Å². The van der Waals surface area contributed by atoms with E-state index in [0.717, 1.165) is 48.9 Å². The summed E-state index contributed by atoms with van der Waals surface area (Å²) >= 11 is 0. The molecule has 3 fully saturated rings. The number of benzene rings is 1. The number of aliphatic hydroxyl groups excluding tert-OH is 1. The van der Waals surface area contributed by atoms with Gasteiger partial charge in [-0.1, -0.05) is 76.3 Å². The lowest BCUT2D eigenvalue weighted by atomic mass is 9.78. The fourth-order valence-corrected chi connectivity index (χ4v) is 16.3. The number of nitrogen functional groups attached to an aromatic ring is 2. The molecule has 0 unspecified atom stereocenters. The Morgan fingerprint density at radius 3 is 2.28 bits per heavy atom. The molecule has 9 rings (SSSR count). The van der Waals surface area contributed by atoms with Gasteiger partial charge in [-0.2, -0.15) is 10.1 Å². The first kappa shape index (κ1) is 95.4. The van der Waals surface area contributed by atoms with Crippen LogP contribution in [0.4, 0.5) is 11.8 Å². The van der Waals surface area contributed by atoms with Crippen LogP contribution in [0.15, 0.2) is 82.7 Å². The summed E-state index contributed by atoms with van der Waals surface area (Å²) in [4.78, 5) is 111. The number of ketones is 4. The summed E-state index contributed by atoms with van der Waals surface area (Å²) in [6.07, 6.45) is 20.0. The van der Waals surface area contributed by atoms with Gasteiger partial charge in [0.05, 0.1) is 88.3 Å². The predicted molar refractivity (Wildman–Crippen MR) is 450 cm³/mol. The van der Waals surface area contributed by atoms with Crippen molar-refractivity contribution in [1.29, 1.82) is 0 Å². The lowest BCUT2D eigenvalue weighted by Crippen LogP contribution is -2.61. The minimum atomic E-state index is -2.46. The standard InChI is InChI=1S/C88H130N12O20.H2/c1-56-21-12-11-13-22-57(2)73(110-8)52-67-30-26-62(7)88(109,120-67)82(106)85(107)99-35-17-14-25-69(99)86(108)118-74(53-70(102)58(3)48-61(6)80(105)81(112-10)79(104)60(5)47-56)59(4)49-63-27-31-72(75(50-63)111-9)117-39-19-15-23-65-54-98(97-95-65)37-40-114-42-44-116-46-45-115-43-41-113-38-20-24-66(101)29-33-76(103)91-34-16-18-36-100-84-77(83(89)92-55-93-84)78(96-100)64-28-32-71-68(51-64)94-87(90)119-71;/h11-13,21-22,28,32,48,51,54-56,58-60,62-63,67,69,72-75,80-81,105,109H,14-20,23-27,29-31,33-47,49-50,52-53H2,1-10H3,(H2,90,94)(H,91,103)(H2,89,92,93);1H/b13-11+,21-12+,57-22+,61-48+;/t56-,58-,59-,60-,62-,63+,67+,69+,72-,73+,74+,75-,80-,81+,88-;/m1./s1. The van der Waals surface area contributed by atoms with Gasteiger partial charge >= 0.3 is 5.97 Å². The van der Waals surface area contributed by atoms with Crippen molar-refractivity contribution in [3.63, 3.8) is 0 Å². The molecule has 1 aromatic carbocycles. The molecule has 2 bridgehead atoms. The van der Waals surface area contributed by atoms with Crippen LogP contribution in [0.25, 0.3) is 33.4 Å². The molecule has 3 aliphatic heterocycles. The van der Waals surface area contributed by atoms with Gasteiger partial charge in [-0.25, -0.2) is 24.1 Å². The number of hydrogen-bond donors (Lipinski definition) is 5. The Kier molecular flexibility index (Phi) is 38.5. The number of fused-ring (bicyclic) bond motifs is 5. The predicted octanol–water partition coefficient (Wildman–Crippen LogP) is 9.97.